The summed E-state index contributed by atoms with van der Waals surface area (Å²) >= 11 is 0. The first-order valence-electron chi connectivity index (χ1n) is 4.76. The fourth-order valence-electron chi connectivity index (χ4n) is 1.20. The Labute approximate surface area is 89.0 Å². The number of carbonyl (C=O) groups excluding carboxylic acids is 1. The first-order valence-corrected chi connectivity index (χ1v) is 4.76. The Morgan fingerprint density at radius 3 is 2.60 bits per heavy atom. The van der Waals surface area contributed by atoms with Crippen molar-refractivity contribution >= 4 is 11.8 Å². The first-order chi connectivity index (χ1) is 7.04. The molecule has 82 valence electrons. The zero-order valence-electron chi connectivity index (χ0n) is 9.16. The molecule has 0 spiro atoms. The van der Waals surface area contributed by atoms with Gasteiger partial charge in [0.05, 0.1) is 6.61 Å². The van der Waals surface area contributed by atoms with Crippen molar-refractivity contribution in [2.45, 2.75) is 20.8 Å². The molecular formula is C11H15NO3. The number of aryl methyl sites for hydroxylation is 2. The highest BCUT2D eigenvalue weighted by atomic mass is 16.7. The number of nitrogens with two attached hydrogens (primary N) is 1. The van der Waals surface area contributed by atoms with Crippen molar-refractivity contribution in [3.63, 3.8) is 0 Å². The van der Waals surface area contributed by atoms with Gasteiger partial charge >= 0.3 is 6.16 Å². The smallest absolute Gasteiger partial charge is 0.434 e. The molecule has 0 aliphatic carbocycles. The average Bonchev–Trinajstić information content (AvgIpc) is 2.14. The lowest BCUT2D eigenvalue weighted by atomic mass is 10.1. The van der Waals surface area contributed by atoms with Crippen LogP contribution in [0.2, 0.25) is 0 Å². The summed E-state index contributed by atoms with van der Waals surface area (Å²) in [6.07, 6.45) is -0.705. The van der Waals surface area contributed by atoms with E-state index in [1.165, 1.54) is 0 Å². The number of carbonyl (C=O) groups is 1. The van der Waals surface area contributed by atoms with Crippen LogP contribution >= 0.6 is 0 Å². The van der Waals surface area contributed by atoms with Crippen molar-refractivity contribution in [3.8, 4) is 5.75 Å². The van der Waals surface area contributed by atoms with Gasteiger partial charge in [-0.25, -0.2) is 4.79 Å². The molecule has 0 aliphatic rings. The predicted octanol–water partition coefficient (Wildman–Crippen LogP) is 2.42. The number of benzene rings is 1. The van der Waals surface area contributed by atoms with E-state index in [-0.39, 0.29) is 0 Å². The summed E-state index contributed by atoms with van der Waals surface area (Å²) in [5, 5.41) is 0. The number of anilines is 1. The van der Waals surface area contributed by atoms with Crippen LogP contribution < -0.4 is 10.5 Å². The molecule has 0 fully saturated rings. The van der Waals surface area contributed by atoms with Crippen LogP contribution in [0.4, 0.5) is 10.5 Å². The molecule has 1 rings (SSSR count). The Morgan fingerprint density at radius 2 is 2.00 bits per heavy atom. The standard InChI is InChI=1S/C11H15NO3/c1-4-14-11(13)15-10-6-9(12)7(2)5-8(10)3/h5-6H,4,12H2,1-3H3. The molecule has 0 saturated carbocycles. The molecular weight excluding hydrogens is 194 g/mol. The van der Waals surface area contributed by atoms with Gasteiger partial charge in [0.2, 0.25) is 0 Å². The lowest BCUT2D eigenvalue weighted by Gasteiger charge is -2.09. The van der Waals surface area contributed by atoms with Gasteiger partial charge in [-0.05, 0) is 31.9 Å². The summed E-state index contributed by atoms with van der Waals surface area (Å²) in [6.45, 7) is 5.76. The van der Waals surface area contributed by atoms with Crippen molar-refractivity contribution in [2.24, 2.45) is 0 Å². The molecule has 1 aromatic rings. The van der Waals surface area contributed by atoms with Gasteiger partial charge in [-0.1, -0.05) is 6.07 Å². The third-order valence-electron chi connectivity index (χ3n) is 2.02. The monoisotopic (exact) mass is 209 g/mol. The van der Waals surface area contributed by atoms with Crippen molar-refractivity contribution < 1.29 is 14.3 Å². The highest BCUT2D eigenvalue weighted by Crippen LogP contribution is 2.24. The van der Waals surface area contributed by atoms with Crippen LogP contribution in [0.15, 0.2) is 12.1 Å². The molecule has 0 amide bonds. The number of hydrogen-bond donors (Lipinski definition) is 1. The van der Waals surface area contributed by atoms with Gasteiger partial charge in [0.15, 0.2) is 0 Å². The van der Waals surface area contributed by atoms with E-state index in [0.717, 1.165) is 11.1 Å². The summed E-state index contributed by atoms with van der Waals surface area (Å²) in [7, 11) is 0. The van der Waals surface area contributed by atoms with Crippen LogP contribution in [-0.4, -0.2) is 12.8 Å². The minimum absolute atomic E-state index is 0.291. The summed E-state index contributed by atoms with van der Waals surface area (Å²) in [4.78, 5) is 11.1. The normalized spacial score (nSPS) is 9.80. The van der Waals surface area contributed by atoms with Crippen molar-refractivity contribution in [1.29, 1.82) is 0 Å². The third-order valence-corrected chi connectivity index (χ3v) is 2.02. The minimum Gasteiger partial charge on any atom is -0.434 e. The molecule has 0 aliphatic heterocycles. The molecule has 15 heavy (non-hydrogen) atoms. The quantitative estimate of drug-likeness (QED) is 0.461. The van der Waals surface area contributed by atoms with E-state index in [4.69, 9.17) is 10.5 Å². The van der Waals surface area contributed by atoms with Crippen LogP contribution in [0.25, 0.3) is 0 Å². The van der Waals surface area contributed by atoms with Gasteiger partial charge in [-0.15, -0.1) is 0 Å². The number of ether oxygens (including phenoxy) is 2. The van der Waals surface area contributed by atoms with E-state index in [1.807, 2.05) is 19.9 Å². The Kier molecular flexibility index (Phi) is 3.55. The third kappa shape index (κ3) is 2.87. The fourth-order valence-corrected chi connectivity index (χ4v) is 1.20. The van der Waals surface area contributed by atoms with E-state index in [1.54, 1.807) is 13.0 Å². The van der Waals surface area contributed by atoms with Gasteiger partial charge in [0.25, 0.3) is 0 Å². The second-order valence-electron chi connectivity index (χ2n) is 3.26. The number of rotatable bonds is 2. The Hall–Kier alpha value is -1.71. The number of hydrogen-bond acceptors (Lipinski definition) is 4. The zero-order chi connectivity index (χ0) is 11.4. The lowest BCUT2D eigenvalue weighted by molar-refractivity contribution is 0.104. The van der Waals surface area contributed by atoms with Crippen LogP contribution in [0, 0.1) is 13.8 Å². The van der Waals surface area contributed by atoms with E-state index >= 15 is 0 Å². The molecule has 4 nitrogen and oxygen atoms in total. The van der Waals surface area contributed by atoms with Crippen molar-refractivity contribution in [3.05, 3.63) is 23.3 Å². The fraction of sp³-hybridized carbons (Fsp3) is 0.364. The van der Waals surface area contributed by atoms with Crippen LogP contribution in [-0.2, 0) is 4.74 Å². The zero-order valence-corrected chi connectivity index (χ0v) is 9.16. The lowest BCUT2D eigenvalue weighted by Crippen LogP contribution is -2.11. The molecule has 0 radical (unpaired) electrons. The molecule has 2 N–H and O–H groups in total. The second-order valence-corrected chi connectivity index (χ2v) is 3.26. The molecule has 4 heteroatoms. The summed E-state index contributed by atoms with van der Waals surface area (Å²) in [6, 6.07) is 3.49. The Balaban J connectivity index is 2.86. The van der Waals surface area contributed by atoms with Gasteiger partial charge in [-0.3, -0.25) is 0 Å². The Bertz CT molecular complexity index is 374. The average molecular weight is 209 g/mol. The van der Waals surface area contributed by atoms with Crippen LogP contribution in [0.3, 0.4) is 0 Å². The molecule has 0 heterocycles. The van der Waals surface area contributed by atoms with Gasteiger partial charge < -0.3 is 15.2 Å². The maximum absolute atomic E-state index is 11.1. The van der Waals surface area contributed by atoms with Crippen LogP contribution in [0.1, 0.15) is 18.1 Å². The maximum Gasteiger partial charge on any atom is 0.513 e. The van der Waals surface area contributed by atoms with E-state index in [9.17, 15) is 4.79 Å². The van der Waals surface area contributed by atoms with E-state index in [2.05, 4.69) is 4.74 Å². The highest BCUT2D eigenvalue weighted by Gasteiger charge is 2.09. The Morgan fingerprint density at radius 1 is 1.33 bits per heavy atom. The molecule has 0 bridgehead atoms. The maximum atomic E-state index is 11.1. The SMILES string of the molecule is CCOC(=O)Oc1cc(N)c(C)cc1C. The van der Waals surface area contributed by atoms with Crippen LogP contribution in [0.5, 0.6) is 5.75 Å². The van der Waals surface area contributed by atoms with E-state index in [0.29, 0.717) is 18.0 Å². The van der Waals surface area contributed by atoms with Crippen molar-refractivity contribution in [1.82, 2.24) is 0 Å². The van der Waals surface area contributed by atoms with Gasteiger partial charge in [0, 0.05) is 11.8 Å². The molecule has 1 aromatic carbocycles. The van der Waals surface area contributed by atoms with Gasteiger partial charge in [0.1, 0.15) is 5.75 Å². The highest BCUT2D eigenvalue weighted by molar-refractivity contribution is 5.66. The molecule has 0 unspecified atom stereocenters. The second kappa shape index (κ2) is 4.68. The van der Waals surface area contributed by atoms with Gasteiger partial charge in [-0.2, -0.15) is 0 Å². The summed E-state index contributed by atoms with van der Waals surface area (Å²) < 4.78 is 9.65. The largest absolute Gasteiger partial charge is 0.513 e. The van der Waals surface area contributed by atoms with E-state index < -0.39 is 6.16 Å². The topological polar surface area (TPSA) is 61.5 Å². The molecule has 0 atom stereocenters. The number of nitrogen functional groups attached to an aromatic ring is 1. The summed E-state index contributed by atoms with van der Waals surface area (Å²) in [5.74, 6) is 0.441. The minimum atomic E-state index is -0.705. The predicted molar refractivity (Wildman–Crippen MR) is 58.0 cm³/mol. The molecule has 0 aromatic heterocycles. The summed E-state index contributed by atoms with van der Waals surface area (Å²) in [5.41, 5.74) is 8.12. The van der Waals surface area contributed by atoms with Crippen molar-refractivity contribution in [2.75, 3.05) is 12.3 Å². The first kappa shape index (κ1) is 11.4. The molecule has 0 saturated heterocycles.